The lowest BCUT2D eigenvalue weighted by molar-refractivity contribution is 0.506. The predicted molar refractivity (Wildman–Crippen MR) is 69.2 cm³/mol. The van der Waals surface area contributed by atoms with Gasteiger partial charge in [0.15, 0.2) is 0 Å². The first-order valence-corrected chi connectivity index (χ1v) is 5.88. The third-order valence-corrected chi connectivity index (χ3v) is 2.86. The monoisotopic (exact) mass is 245 g/mol. The van der Waals surface area contributed by atoms with Crippen LogP contribution in [0, 0.1) is 5.82 Å². The van der Waals surface area contributed by atoms with Crippen molar-refractivity contribution in [3.8, 4) is 0 Å². The van der Waals surface area contributed by atoms with E-state index in [-0.39, 0.29) is 11.9 Å². The lowest BCUT2D eigenvalue weighted by Gasteiger charge is -2.16. The molecule has 0 radical (unpaired) electrons. The molecule has 1 atom stereocenters. The fraction of sp³-hybridized carbons (Fsp3) is 0.214. The highest BCUT2D eigenvalue weighted by Crippen LogP contribution is 2.11. The van der Waals surface area contributed by atoms with E-state index in [1.165, 1.54) is 6.07 Å². The highest BCUT2D eigenvalue weighted by atomic mass is 19.1. The Morgan fingerprint density at radius 1 is 1.17 bits per heavy atom. The summed E-state index contributed by atoms with van der Waals surface area (Å²) in [6, 6.07) is 10.6. The van der Waals surface area contributed by atoms with Gasteiger partial charge in [-0.3, -0.25) is 16.3 Å². The minimum Gasteiger partial charge on any atom is -0.271 e. The van der Waals surface area contributed by atoms with Gasteiger partial charge >= 0.3 is 0 Å². The van der Waals surface area contributed by atoms with Crippen LogP contribution in [0.25, 0.3) is 0 Å². The molecule has 0 saturated heterocycles. The molecule has 18 heavy (non-hydrogen) atoms. The summed E-state index contributed by atoms with van der Waals surface area (Å²) in [5, 5.41) is 0. The number of aromatic nitrogens is 1. The van der Waals surface area contributed by atoms with Crippen LogP contribution in [0.3, 0.4) is 0 Å². The summed E-state index contributed by atoms with van der Waals surface area (Å²) >= 11 is 0. The molecule has 1 unspecified atom stereocenters. The van der Waals surface area contributed by atoms with E-state index < -0.39 is 0 Å². The number of nitrogens with one attached hydrogen (secondary N) is 1. The summed E-state index contributed by atoms with van der Waals surface area (Å²) in [7, 11) is 0. The predicted octanol–water partition coefficient (Wildman–Crippen LogP) is 1.84. The van der Waals surface area contributed by atoms with E-state index in [0.29, 0.717) is 12.0 Å². The van der Waals surface area contributed by atoms with E-state index in [1.54, 1.807) is 24.5 Å². The molecule has 94 valence electrons. The summed E-state index contributed by atoms with van der Waals surface area (Å²) in [5.74, 6) is 5.33. The summed E-state index contributed by atoms with van der Waals surface area (Å²) in [6.45, 7) is 0. The molecule has 1 aromatic carbocycles. The average molecular weight is 245 g/mol. The van der Waals surface area contributed by atoms with Crippen LogP contribution in [-0.2, 0) is 12.8 Å². The smallest absolute Gasteiger partial charge is 0.126 e. The van der Waals surface area contributed by atoms with Gasteiger partial charge < -0.3 is 0 Å². The molecule has 0 aliphatic carbocycles. The molecular formula is C14H16FN3. The zero-order valence-electron chi connectivity index (χ0n) is 10.0. The molecule has 0 aliphatic heterocycles. The van der Waals surface area contributed by atoms with Crippen molar-refractivity contribution in [3.63, 3.8) is 0 Å². The molecule has 0 aliphatic rings. The Balaban J connectivity index is 2.04. The first kappa shape index (κ1) is 12.7. The van der Waals surface area contributed by atoms with Gasteiger partial charge in [0.2, 0.25) is 0 Å². The van der Waals surface area contributed by atoms with Crippen LogP contribution in [0.5, 0.6) is 0 Å². The highest BCUT2D eigenvalue weighted by Gasteiger charge is 2.11. The second-order valence-corrected chi connectivity index (χ2v) is 4.22. The molecule has 0 bridgehead atoms. The largest absolute Gasteiger partial charge is 0.271 e. The van der Waals surface area contributed by atoms with Gasteiger partial charge in [-0.2, -0.15) is 0 Å². The van der Waals surface area contributed by atoms with Gasteiger partial charge in [-0.25, -0.2) is 4.39 Å². The number of hydrogen-bond donors (Lipinski definition) is 2. The highest BCUT2D eigenvalue weighted by molar-refractivity contribution is 5.19. The summed E-state index contributed by atoms with van der Waals surface area (Å²) in [5.41, 5.74) is 4.48. The SMILES string of the molecule is NNC(Cc1cccnc1)Cc1ccccc1F. The Hall–Kier alpha value is -1.78. The van der Waals surface area contributed by atoms with Gasteiger partial charge in [-0.1, -0.05) is 24.3 Å². The van der Waals surface area contributed by atoms with Crippen molar-refractivity contribution in [2.24, 2.45) is 5.84 Å². The Labute approximate surface area is 106 Å². The summed E-state index contributed by atoms with van der Waals surface area (Å²) in [6.07, 6.45) is 4.80. The van der Waals surface area contributed by atoms with Crippen molar-refractivity contribution >= 4 is 0 Å². The summed E-state index contributed by atoms with van der Waals surface area (Å²) < 4.78 is 13.5. The van der Waals surface area contributed by atoms with Gasteiger partial charge in [0.05, 0.1) is 0 Å². The Morgan fingerprint density at radius 3 is 2.67 bits per heavy atom. The fourth-order valence-electron chi connectivity index (χ4n) is 1.92. The van der Waals surface area contributed by atoms with Gasteiger partial charge in [-0.05, 0) is 36.1 Å². The zero-order valence-corrected chi connectivity index (χ0v) is 10.0. The average Bonchev–Trinajstić information content (AvgIpc) is 2.41. The van der Waals surface area contributed by atoms with Gasteiger partial charge in [0.1, 0.15) is 5.82 Å². The lowest BCUT2D eigenvalue weighted by Crippen LogP contribution is -2.38. The second-order valence-electron chi connectivity index (χ2n) is 4.22. The summed E-state index contributed by atoms with van der Waals surface area (Å²) in [4.78, 5) is 4.05. The number of hydrazine groups is 1. The van der Waals surface area contributed by atoms with Crippen LogP contribution in [0.2, 0.25) is 0 Å². The standard InChI is InChI=1S/C14H16FN3/c15-14-6-2-1-5-12(14)9-13(18-16)8-11-4-3-7-17-10-11/h1-7,10,13,18H,8-9,16H2. The maximum absolute atomic E-state index is 13.5. The van der Waals surface area contributed by atoms with E-state index >= 15 is 0 Å². The lowest BCUT2D eigenvalue weighted by atomic mass is 10.00. The number of benzene rings is 1. The van der Waals surface area contributed by atoms with Crippen LogP contribution >= 0.6 is 0 Å². The Bertz CT molecular complexity index is 487. The molecule has 0 spiro atoms. The second kappa shape index (κ2) is 6.23. The van der Waals surface area contributed by atoms with Crippen molar-refractivity contribution in [1.29, 1.82) is 0 Å². The minimum absolute atomic E-state index is 0.00824. The number of rotatable bonds is 5. The van der Waals surface area contributed by atoms with Crippen LogP contribution < -0.4 is 11.3 Å². The molecule has 1 heterocycles. The number of pyridine rings is 1. The molecule has 0 amide bonds. The topological polar surface area (TPSA) is 50.9 Å². The van der Waals surface area contributed by atoms with Gasteiger partial charge in [0.25, 0.3) is 0 Å². The van der Waals surface area contributed by atoms with Gasteiger partial charge in [0, 0.05) is 18.4 Å². The van der Waals surface area contributed by atoms with Crippen molar-refractivity contribution in [2.75, 3.05) is 0 Å². The zero-order chi connectivity index (χ0) is 12.8. The minimum atomic E-state index is -0.191. The van der Waals surface area contributed by atoms with E-state index in [2.05, 4.69) is 10.4 Å². The first-order chi connectivity index (χ1) is 8.79. The maximum Gasteiger partial charge on any atom is 0.126 e. The van der Waals surface area contributed by atoms with E-state index in [9.17, 15) is 4.39 Å². The van der Waals surface area contributed by atoms with Crippen LogP contribution in [0.1, 0.15) is 11.1 Å². The molecule has 3 nitrogen and oxygen atoms in total. The van der Waals surface area contributed by atoms with E-state index in [0.717, 1.165) is 12.0 Å². The van der Waals surface area contributed by atoms with Crippen molar-refractivity contribution in [2.45, 2.75) is 18.9 Å². The number of nitrogens with zero attached hydrogens (tertiary/aromatic N) is 1. The number of halogens is 1. The van der Waals surface area contributed by atoms with Crippen molar-refractivity contribution < 1.29 is 4.39 Å². The quantitative estimate of drug-likeness (QED) is 0.624. The fourth-order valence-corrected chi connectivity index (χ4v) is 1.92. The van der Waals surface area contributed by atoms with Crippen LogP contribution in [-0.4, -0.2) is 11.0 Å². The van der Waals surface area contributed by atoms with Crippen molar-refractivity contribution in [1.82, 2.24) is 10.4 Å². The maximum atomic E-state index is 13.5. The molecule has 3 N–H and O–H groups in total. The Morgan fingerprint density at radius 2 is 2.00 bits per heavy atom. The van der Waals surface area contributed by atoms with Crippen LogP contribution in [0.15, 0.2) is 48.8 Å². The molecule has 2 rings (SSSR count). The molecular weight excluding hydrogens is 229 g/mol. The van der Waals surface area contributed by atoms with E-state index in [4.69, 9.17) is 5.84 Å². The molecule has 4 heteroatoms. The van der Waals surface area contributed by atoms with Crippen LogP contribution in [0.4, 0.5) is 4.39 Å². The van der Waals surface area contributed by atoms with E-state index in [1.807, 2.05) is 18.2 Å². The number of nitrogens with two attached hydrogens (primary N) is 1. The molecule has 1 aromatic heterocycles. The third kappa shape index (κ3) is 3.35. The molecule has 0 saturated carbocycles. The third-order valence-electron chi connectivity index (χ3n) is 2.86. The molecule has 0 fully saturated rings. The van der Waals surface area contributed by atoms with Crippen molar-refractivity contribution in [3.05, 3.63) is 65.7 Å². The van der Waals surface area contributed by atoms with Gasteiger partial charge in [-0.15, -0.1) is 0 Å². The first-order valence-electron chi connectivity index (χ1n) is 5.88. The molecule has 2 aromatic rings. The Kier molecular flexibility index (Phi) is 4.39. The normalized spacial score (nSPS) is 12.3. The number of hydrogen-bond acceptors (Lipinski definition) is 3.